The van der Waals surface area contributed by atoms with Gasteiger partial charge in [-0.3, -0.25) is 19.5 Å². The van der Waals surface area contributed by atoms with Crippen molar-refractivity contribution in [2.24, 2.45) is 0 Å². The number of carbonyl (C=O) groups excluding carboxylic acids is 2. The average Bonchev–Trinajstić information content (AvgIpc) is 2.56. The Morgan fingerprint density at radius 2 is 2.14 bits per heavy atom. The van der Waals surface area contributed by atoms with Crippen molar-refractivity contribution < 1.29 is 14.3 Å². The van der Waals surface area contributed by atoms with Gasteiger partial charge in [0.25, 0.3) is 5.91 Å². The maximum absolute atomic E-state index is 12.1. The van der Waals surface area contributed by atoms with Gasteiger partial charge in [0.1, 0.15) is 12.3 Å². The summed E-state index contributed by atoms with van der Waals surface area (Å²) in [4.78, 5) is 29.5. The third kappa shape index (κ3) is 3.06. The summed E-state index contributed by atoms with van der Waals surface area (Å²) in [6, 6.07) is 10.9. The molecule has 0 saturated heterocycles. The summed E-state index contributed by atoms with van der Waals surface area (Å²) < 4.78 is 5.35. The minimum atomic E-state index is -0.228. The number of carbonyl (C=O) groups is 2. The Kier molecular flexibility index (Phi) is 4.00. The Balaban J connectivity index is 1.65. The molecule has 1 N–H and O–H groups in total. The number of benzene rings is 1. The Bertz CT molecular complexity index is 688. The highest BCUT2D eigenvalue weighted by Crippen LogP contribution is 2.31. The number of anilines is 1. The molecule has 1 aliphatic rings. The highest BCUT2D eigenvalue weighted by atomic mass is 16.5. The van der Waals surface area contributed by atoms with Crippen LogP contribution in [0.4, 0.5) is 5.69 Å². The van der Waals surface area contributed by atoms with Crippen molar-refractivity contribution in [1.29, 1.82) is 0 Å². The van der Waals surface area contributed by atoms with Gasteiger partial charge in [0, 0.05) is 18.9 Å². The number of amides is 2. The van der Waals surface area contributed by atoms with Gasteiger partial charge in [-0.15, -0.1) is 0 Å². The Morgan fingerprint density at radius 3 is 2.95 bits per heavy atom. The van der Waals surface area contributed by atoms with Gasteiger partial charge in [-0.2, -0.15) is 0 Å². The van der Waals surface area contributed by atoms with E-state index in [1.165, 1.54) is 4.90 Å². The van der Waals surface area contributed by atoms with Crippen LogP contribution in [0.3, 0.4) is 0 Å². The van der Waals surface area contributed by atoms with Crippen molar-refractivity contribution in [3.8, 4) is 5.75 Å². The molecule has 6 heteroatoms. The number of nitrogens with one attached hydrogen (secondary N) is 1. The predicted molar refractivity (Wildman–Crippen MR) is 80.4 cm³/mol. The molecule has 0 bridgehead atoms. The number of ether oxygens (including phenoxy) is 1. The zero-order valence-electron chi connectivity index (χ0n) is 11.9. The molecule has 3 rings (SSSR count). The second-order valence-electron chi connectivity index (χ2n) is 4.87. The molecule has 1 aliphatic heterocycles. The van der Waals surface area contributed by atoms with E-state index in [9.17, 15) is 9.59 Å². The lowest BCUT2D eigenvalue weighted by atomic mass is 10.2. The third-order valence-corrected chi connectivity index (χ3v) is 3.32. The van der Waals surface area contributed by atoms with E-state index in [1.54, 1.807) is 30.6 Å². The standard InChI is InChI=1S/C16H15N3O3/c20-15(18-9-12-4-3-7-17-8-12)10-19-13-5-1-2-6-14(13)22-11-16(19)21/h1-8H,9-11H2,(H,18,20). The van der Waals surface area contributed by atoms with E-state index in [4.69, 9.17) is 4.74 Å². The first-order valence-corrected chi connectivity index (χ1v) is 6.92. The van der Waals surface area contributed by atoms with E-state index in [1.807, 2.05) is 18.2 Å². The van der Waals surface area contributed by atoms with E-state index in [-0.39, 0.29) is 25.0 Å². The number of para-hydroxylation sites is 2. The number of fused-ring (bicyclic) bond motifs is 1. The summed E-state index contributed by atoms with van der Waals surface area (Å²) in [5.74, 6) is 0.159. The molecule has 0 atom stereocenters. The molecule has 2 amide bonds. The first kappa shape index (κ1) is 14.1. The lowest BCUT2D eigenvalue weighted by Gasteiger charge is -2.28. The van der Waals surface area contributed by atoms with Crippen LogP contribution < -0.4 is 15.0 Å². The second kappa shape index (κ2) is 6.26. The van der Waals surface area contributed by atoms with Crippen LogP contribution in [0.15, 0.2) is 48.8 Å². The van der Waals surface area contributed by atoms with Gasteiger partial charge >= 0.3 is 0 Å². The van der Waals surface area contributed by atoms with Crippen LogP contribution in [0, 0.1) is 0 Å². The number of aromatic nitrogens is 1. The van der Waals surface area contributed by atoms with E-state index in [0.717, 1.165) is 5.56 Å². The number of pyridine rings is 1. The van der Waals surface area contributed by atoms with Crippen molar-refractivity contribution in [2.75, 3.05) is 18.1 Å². The molecule has 0 radical (unpaired) electrons. The monoisotopic (exact) mass is 297 g/mol. The maximum Gasteiger partial charge on any atom is 0.265 e. The Hall–Kier alpha value is -2.89. The SMILES string of the molecule is O=C(CN1C(=O)COc2ccccc21)NCc1cccnc1. The first-order valence-electron chi connectivity index (χ1n) is 6.92. The summed E-state index contributed by atoms with van der Waals surface area (Å²) in [5, 5.41) is 2.78. The fourth-order valence-corrected chi connectivity index (χ4v) is 2.23. The normalized spacial score (nSPS) is 13.3. The largest absolute Gasteiger partial charge is 0.482 e. The van der Waals surface area contributed by atoms with Crippen LogP contribution in [-0.2, 0) is 16.1 Å². The molecule has 112 valence electrons. The molecule has 6 nitrogen and oxygen atoms in total. The fourth-order valence-electron chi connectivity index (χ4n) is 2.23. The van der Waals surface area contributed by atoms with Crippen LogP contribution in [0.2, 0.25) is 0 Å². The zero-order valence-corrected chi connectivity index (χ0v) is 11.9. The molecule has 22 heavy (non-hydrogen) atoms. The van der Waals surface area contributed by atoms with Gasteiger partial charge in [0.05, 0.1) is 5.69 Å². The van der Waals surface area contributed by atoms with Crippen LogP contribution in [0.5, 0.6) is 5.75 Å². The molecule has 0 unspecified atom stereocenters. The number of rotatable bonds is 4. The van der Waals surface area contributed by atoms with Crippen LogP contribution in [-0.4, -0.2) is 29.9 Å². The molecular weight excluding hydrogens is 282 g/mol. The molecule has 1 aromatic heterocycles. The second-order valence-corrected chi connectivity index (χ2v) is 4.87. The first-order chi connectivity index (χ1) is 10.7. The smallest absolute Gasteiger partial charge is 0.265 e. The van der Waals surface area contributed by atoms with Crippen molar-refractivity contribution >= 4 is 17.5 Å². The minimum Gasteiger partial charge on any atom is -0.482 e. The molecule has 2 heterocycles. The highest BCUT2D eigenvalue weighted by molar-refractivity contribution is 6.02. The molecule has 0 spiro atoms. The quantitative estimate of drug-likeness (QED) is 0.918. The van der Waals surface area contributed by atoms with Crippen LogP contribution in [0.25, 0.3) is 0 Å². The van der Waals surface area contributed by atoms with Crippen molar-refractivity contribution in [2.45, 2.75) is 6.54 Å². The number of hydrogen-bond donors (Lipinski definition) is 1. The van der Waals surface area contributed by atoms with E-state index in [2.05, 4.69) is 10.3 Å². The third-order valence-electron chi connectivity index (χ3n) is 3.32. The molecule has 0 fully saturated rings. The van der Waals surface area contributed by atoms with E-state index in [0.29, 0.717) is 18.0 Å². The van der Waals surface area contributed by atoms with Gasteiger partial charge < -0.3 is 10.1 Å². The van der Waals surface area contributed by atoms with Gasteiger partial charge in [-0.05, 0) is 23.8 Å². The summed E-state index contributed by atoms with van der Waals surface area (Å²) >= 11 is 0. The summed E-state index contributed by atoms with van der Waals surface area (Å²) in [6.07, 6.45) is 3.37. The minimum absolute atomic E-state index is 0.0283. The van der Waals surface area contributed by atoms with Gasteiger partial charge in [0.15, 0.2) is 6.61 Å². The number of nitrogens with zero attached hydrogens (tertiary/aromatic N) is 2. The maximum atomic E-state index is 12.1. The topological polar surface area (TPSA) is 71.5 Å². The van der Waals surface area contributed by atoms with Gasteiger partial charge in [-0.25, -0.2) is 0 Å². The molecule has 0 saturated carbocycles. The highest BCUT2D eigenvalue weighted by Gasteiger charge is 2.26. The molecular formula is C16H15N3O3. The van der Waals surface area contributed by atoms with Crippen molar-refractivity contribution in [3.63, 3.8) is 0 Å². The van der Waals surface area contributed by atoms with Gasteiger partial charge in [0.2, 0.25) is 5.91 Å². The molecule has 2 aromatic rings. The zero-order chi connectivity index (χ0) is 15.4. The number of hydrogen-bond acceptors (Lipinski definition) is 4. The lowest BCUT2D eigenvalue weighted by Crippen LogP contribution is -2.45. The average molecular weight is 297 g/mol. The summed E-state index contributed by atoms with van der Waals surface area (Å²) in [5.41, 5.74) is 1.53. The predicted octanol–water partition coefficient (Wildman–Crippen LogP) is 1.12. The van der Waals surface area contributed by atoms with Crippen LogP contribution >= 0.6 is 0 Å². The summed E-state index contributed by atoms with van der Waals surface area (Å²) in [6.45, 7) is 0.305. The van der Waals surface area contributed by atoms with E-state index >= 15 is 0 Å². The van der Waals surface area contributed by atoms with Gasteiger partial charge in [-0.1, -0.05) is 18.2 Å². The van der Waals surface area contributed by atoms with Crippen LogP contribution in [0.1, 0.15) is 5.56 Å². The fraction of sp³-hybridized carbons (Fsp3) is 0.188. The Morgan fingerprint density at radius 1 is 1.27 bits per heavy atom. The molecule has 0 aliphatic carbocycles. The van der Waals surface area contributed by atoms with E-state index < -0.39 is 0 Å². The molecule has 1 aromatic carbocycles. The lowest BCUT2D eigenvalue weighted by molar-refractivity contribution is -0.125. The van der Waals surface area contributed by atoms with Crippen molar-refractivity contribution in [1.82, 2.24) is 10.3 Å². The Labute approximate surface area is 127 Å². The summed E-state index contributed by atoms with van der Waals surface area (Å²) in [7, 11) is 0. The van der Waals surface area contributed by atoms with Crippen molar-refractivity contribution in [3.05, 3.63) is 54.4 Å².